The lowest BCUT2D eigenvalue weighted by Gasteiger charge is -2.29. The summed E-state index contributed by atoms with van der Waals surface area (Å²) in [6.45, 7) is 3.12. The highest BCUT2D eigenvalue weighted by Gasteiger charge is 2.28. The zero-order chi connectivity index (χ0) is 21.1. The minimum atomic E-state index is -3.58. The maximum atomic E-state index is 13.0. The molecular weight excluding hydrogens is 466 g/mol. The van der Waals surface area contributed by atoms with Gasteiger partial charge in [0.25, 0.3) is 5.91 Å². The summed E-state index contributed by atoms with van der Waals surface area (Å²) in [6, 6.07) is 12.4. The second-order valence-corrected chi connectivity index (χ2v) is 10.6. The molecule has 0 radical (unpaired) electrons. The summed E-state index contributed by atoms with van der Waals surface area (Å²) in [6.07, 6.45) is 5.37. The highest BCUT2D eigenvalue weighted by Crippen LogP contribution is 2.27. The maximum absolute atomic E-state index is 13.0. The number of sulfonamides is 1. The van der Waals surface area contributed by atoms with Crippen molar-refractivity contribution < 1.29 is 13.2 Å². The maximum Gasteiger partial charge on any atom is 0.256 e. The summed E-state index contributed by atoms with van der Waals surface area (Å²) in [4.78, 5) is 15.4. The normalized spacial score (nSPS) is 17.8. The van der Waals surface area contributed by atoms with Crippen LogP contribution in [0.2, 0.25) is 0 Å². The lowest BCUT2D eigenvalue weighted by atomic mass is 10.1. The van der Waals surface area contributed by atoms with Gasteiger partial charge in [0.15, 0.2) is 0 Å². The topological polar surface area (TPSA) is 69.7 Å². The molecule has 0 unspecified atom stereocenters. The first-order chi connectivity index (χ1) is 14.4. The molecule has 4 rings (SSSR count). The molecule has 2 fully saturated rings. The van der Waals surface area contributed by atoms with Gasteiger partial charge in [-0.05, 0) is 84.4 Å². The van der Waals surface area contributed by atoms with Gasteiger partial charge in [-0.2, -0.15) is 4.31 Å². The average Bonchev–Trinajstić information content (AvgIpc) is 3.30. The number of amides is 1. The van der Waals surface area contributed by atoms with E-state index in [0.717, 1.165) is 31.6 Å². The number of carbonyl (C=O) groups excluding carboxylic acids is 1. The van der Waals surface area contributed by atoms with Crippen molar-refractivity contribution in [2.45, 2.75) is 37.0 Å². The molecule has 2 aliphatic rings. The van der Waals surface area contributed by atoms with E-state index in [0.29, 0.717) is 28.8 Å². The second kappa shape index (κ2) is 9.08. The van der Waals surface area contributed by atoms with Crippen LogP contribution < -0.4 is 10.2 Å². The van der Waals surface area contributed by atoms with Gasteiger partial charge in [0.05, 0.1) is 10.5 Å². The third kappa shape index (κ3) is 4.55. The van der Waals surface area contributed by atoms with Crippen LogP contribution in [-0.2, 0) is 10.0 Å². The predicted octanol–water partition coefficient (Wildman–Crippen LogP) is 4.48. The monoisotopic (exact) mass is 491 g/mol. The van der Waals surface area contributed by atoms with Gasteiger partial charge in [-0.3, -0.25) is 4.79 Å². The van der Waals surface area contributed by atoms with Crippen molar-refractivity contribution in [3.8, 4) is 0 Å². The first-order valence-corrected chi connectivity index (χ1v) is 12.6. The van der Waals surface area contributed by atoms with Crippen LogP contribution >= 0.6 is 15.9 Å². The van der Waals surface area contributed by atoms with Crippen molar-refractivity contribution in [2.24, 2.45) is 0 Å². The molecule has 2 aromatic carbocycles. The summed E-state index contributed by atoms with van der Waals surface area (Å²) in [5.41, 5.74) is 2.10. The van der Waals surface area contributed by atoms with Crippen molar-refractivity contribution in [3.63, 3.8) is 0 Å². The zero-order valence-electron chi connectivity index (χ0n) is 16.8. The van der Waals surface area contributed by atoms with Crippen LogP contribution in [0.25, 0.3) is 0 Å². The van der Waals surface area contributed by atoms with E-state index in [2.05, 4.69) is 32.2 Å². The molecule has 0 aromatic heterocycles. The SMILES string of the molecule is O=C(Nc1cccc(N2CCCCC2)c1)c1cc(S(=O)(=O)N2CCCC2)ccc1Br. The fraction of sp³-hybridized carbons (Fsp3) is 0.409. The molecule has 2 heterocycles. The average molecular weight is 492 g/mol. The van der Waals surface area contributed by atoms with Crippen LogP contribution in [0, 0.1) is 0 Å². The minimum absolute atomic E-state index is 0.153. The summed E-state index contributed by atoms with van der Waals surface area (Å²) in [7, 11) is -3.58. The molecule has 0 aliphatic carbocycles. The number of carbonyl (C=O) groups is 1. The number of halogens is 1. The largest absolute Gasteiger partial charge is 0.371 e. The Morgan fingerprint density at radius 1 is 0.900 bits per heavy atom. The smallest absolute Gasteiger partial charge is 0.256 e. The molecule has 2 aromatic rings. The molecular formula is C22H26BrN3O3S. The van der Waals surface area contributed by atoms with Crippen LogP contribution in [0.3, 0.4) is 0 Å². The molecule has 8 heteroatoms. The molecule has 0 atom stereocenters. The Balaban J connectivity index is 1.55. The highest BCUT2D eigenvalue weighted by atomic mass is 79.9. The number of nitrogens with zero attached hydrogens (tertiary/aromatic N) is 2. The van der Waals surface area contributed by atoms with Gasteiger partial charge in [-0.25, -0.2) is 8.42 Å². The van der Waals surface area contributed by atoms with Gasteiger partial charge in [0.1, 0.15) is 0 Å². The van der Waals surface area contributed by atoms with Crippen LogP contribution in [-0.4, -0.2) is 44.8 Å². The Labute approximate surface area is 186 Å². The van der Waals surface area contributed by atoms with Crippen molar-refractivity contribution in [1.82, 2.24) is 4.31 Å². The summed E-state index contributed by atoms with van der Waals surface area (Å²) < 4.78 is 27.8. The first kappa shape index (κ1) is 21.3. The van der Waals surface area contributed by atoms with Crippen molar-refractivity contribution in [3.05, 3.63) is 52.5 Å². The van der Waals surface area contributed by atoms with Crippen molar-refractivity contribution in [1.29, 1.82) is 0 Å². The molecule has 1 amide bonds. The summed E-state index contributed by atoms with van der Waals surface area (Å²) in [5, 5.41) is 2.92. The van der Waals surface area contributed by atoms with Gasteiger partial charge in [0, 0.05) is 42.0 Å². The van der Waals surface area contributed by atoms with Gasteiger partial charge >= 0.3 is 0 Å². The van der Waals surface area contributed by atoms with E-state index in [1.807, 2.05) is 18.2 Å². The summed E-state index contributed by atoms with van der Waals surface area (Å²) in [5.74, 6) is -0.337. The van der Waals surface area contributed by atoms with Crippen molar-refractivity contribution >= 4 is 43.2 Å². The van der Waals surface area contributed by atoms with E-state index in [4.69, 9.17) is 0 Å². The highest BCUT2D eigenvalue weighted by molar-refractivity contribution is 9.10. The molecule has 1 N–H and O–H groups in total. The molecule has 0 bridgehead atoms. The van der Waals surface area contributed by atoms with E-state index in [1.54, 1.807) is 12.1 Å². The van der Waals surface area contributed by atoms with Crippen LogP contribution in [0.15, 0.2) is 51.8 Å². The van der Waals surface area contributed by atoms with E-state index >= 15 is 0 Å². The number of piperidine rings is 1. The molecule has 0 saturated carbocycles. The molecule has 2 aliphatic heterocycles. The number of anilines is 2. The fourth-order valence-electron chi connectivity index (χ4n) is 4.05. The molecule has 0 spiro atoms. The van der Waals surface area contributed by atoms with Crippen LogP contribution in [0.1, 0.15) is 42.5 Å². The molecule has 2 saturated heterocycles. The molecule has 160 valence electrons. The minimum Gasteiger partial charge on any atom is -0.371 e. The lowest BCUT2D eigenvalue weighted by Crippen LogP contribution is -2.29. The Kier molecular flexibility index (Phi) is 6.46. The van der Waals surface area contributed by atoms with E-state index < -0.39 is 10.0 Å². The van der Waals surface area contributed by atoms with E-state index in [9.17, 15) is 13.2 Å². The summed E-state index contributed by atoms with van der Waals surface area (Å²) >= 11 is 3.39. The Bertz CT molecular complexity index is 1030. The number of benzene rings is 2. The quantitative estimate of drug-likeness (QED) is 0.669. The van der Waals surface area contributed by atoms with E-state index in [1.165, 1.54) is 29.6 Å². The Morgan fingerprint density at radius 3 is 2.33 bits per heavy atom. The fourth-order valence-corrected chi connectivity index (χ4v) is 6.02. The van der Waals surface area contributed by atoms with E-state index in [-0.39, 0.29) is 10.8 Å². The number of hydrogen-bond donors (Lipinski definition) is 1. The lowest BCUT2D eigenvalue weighted by molar-refractivity contribution is 0.102. The molecule has 6 nitrogen and oxygen atoms in total. The molecule has 30 heavy (non-hydrogen) atoms. The third-order valence-corrected chi connectivity index (χ3v) is 8.30. The Hall–Kier alpha value is -1.90. The number of nitrogens with one attached hydrogen (secondary N) is 1. The number of rotatable bonds is 5. The third-order valence-electron chi connectivity index (χ3n) is 5.71. The van der Waals surface area contributed by atoms with Gasteiger partial charge < -0.3 is 10.2 Å². The van der Waals surface area contributed by atoms with Gasteiger partial charge in [-0.15, -0.1) is 0 Å². The van der Waals surface area contributed by atoms with Gasteiger partial charge in [0.2, 0.25) is 10.0 Å². The van der Waals surface area contributed by atoms with Crippen molar-refractivity contribution in [2.75, 3.05) is 36.4 Å². The number of hydrogen-bond acceptors (Lipinski definition) is 4. The predicted molar refractivity (Wildman–Crippen MR) is 123 cm³/mol. The van der Waals surface area contributed by atoms with Crippen LogP contribution in [0.4, 0.5) is 11.4 Å². The zero-order valence-corrected chi connectivity index (χ0v) is 19.2. The van der Waals surface area contributed by atoms with Gasteiger partial charge in [-0.1, -0.05) is 6.07 Å². The Morgan fingerprint density at radius 2 is 1.60 bits per heavy atom. The first-order valence-electron chi connectivity index (χ1n) is 10.4. The second-order valence-electron chi connectivity index (χ2n) is 7.81. The van der Waals surface area contributed by atoms with Crippen LogP contribution in [0.5, 0.6) is 0 Å². The standard InChI is InChI=1S/C22H26BrN3O3S/c23-21-10-9-19(30(28,29)26-13-4-5-14-26)16-20(21)22(27)24-17-7-6-8-18(15-17)25-11-2-1-3-12-25/h6-10,15-16H,1-5,11-14H2,(H,24,27).